The smallest absolute Gasteiger partial charge is 0.333 e. The van der Waals surface area contributed by atoms with Gasteiger partial charge < -0.3 is 10.2 Å². The molecule has 6 nitrogen and oxygen atoms in total. The number of nitrogens with zero attached hydrogens (tertiary/aromatic N) is 3. The summed E-state index contributed by atoms with van der Waals surface area (Å²) in [6.45, 7) is 1.39. The molecule has 1 N–H and O–H groups in total. The van der Waals surface area contributed by atoms with E-state index in [1.807, 2.05) is 6.92 Å². The van der Waals surface area contributed by atoms with Gasteiger partial charge in [0.2, 0.25) is 0 Å². The van der Waals surface area contributed by atoms with Crippen LogP contribution in [0.4, 0.5) is 8.78 Å². The molecule has 0 fully saturated rings. The second-order valence-corrected chi connectivity index (χ2v) is 6.12. The zero-order valence-corrected chi connectivity index (χ0v) is 14.6. The lowest BCUT2D eigenvalue weighted by Crippen LogP contribution is -2.32. The van der Waals surface area contributed by atoms with E-state index in [-0.39, 0.29) is 12.0 Å². The van der Waals surface area contributed by atoms with E-state index >= 15 is 0 Å². The van der Waals surface area contributed by atoms with Gasteiger partial charge in [0.15, 0.2) is 0 Å². The van der Waals surface area contributed by atoms with E-state index in [1.165, 1.54) is 6.20 Å². The minimum absolute atomic E-state index is 0.129. The van der Waals surface area contributed by atoms with Crippen molar-refractivity contribution in [2.24, 2.45) is 5.16 Å². The van der Waals surface area contributed by atoms with Crippen molar-refractivity contribution in [1.82, 2.24) is 15.1 Å². The van der Waals surface area contributed by atoms with Crippen LogP contribution in [0.15, 0.2) is 35.6 Å². The van der Waals surface area contributed by atoms with Crippen LogP contribution in [0.3, 0.4) is 0 Å². The van der Waals surface area contributed by atoms with Crippen molar-refractivity contribution in [3.05, 3.63) is 41.7 Å². The highest BCUT2D eigenvalue weighted by Gasteiger charge is 2.20. The molecular formula is C18H20F2N4O2. The highest BCUT2D eigenvalue weighted by Crippen LogP contribution is 2.25. The number of amides is 1. The zero-order chi connectivity index (χ0) is 18.7. The van der Waals surface area contributed by atoms with Crippen molar-refractivity contribution in [2.45, 2.75) is 39.3 Å². The Hall–Kier alpha value is -2.77. The molecule has 1 aliphatic heterocycles. The second-order valence-electron chi connectivity index (χ2n) is 6.12. The van der Waals surface area contributed by atoms with E-state index in [0.29, 0.717) is 28.0 Å². The Labute approximate surface area is 149 Å². The van der Waals surface area contributed by atoms with Crippen LogP contribution < -0.4 is 5.32 Å². The quantitative estimate of drug-likeness (QED) is 0.855. The molecule has 0 bridgehead atoms. The van der Waals surface area contributed by atoms with Crippen molar-refractivity contribution in [3.8, 4) is 11.1 Å². The maximum Gasteiger partial charge on any atom is 0.333 e. The second kappa shape index (κ2) is 7.63. The van der Waals surface area contributed by atoms with E-state index in [4.69, 9.17) is 4.84 Å². The van der Waals surface area contributed by atoms with Crippen molar-refractivity contribution < 1.29 is 18.4 Å². The fourth-order valence-electron chi connectivity index (χ4n) is 2.78. The van der Waals surface area contributed by atoms with Crippen molar-refractivity contribution in [2.75, 3.05) is 6.54 Å². The molecule has 138 valence electrons. The largest absolute Gasteiger partial charge is 0.390 e. The molecule has 1 amide bonds. The number of oxime groups is 1. The van der Waals surface area contributed by atoms with Gasteiger partial charge in [-0.25, -0.2) is 4.68 Å². The highest BCUT2D eigenvalue weighted by atomic mass is 19.3. The molecule has 1 unspecified atom stereocenters. The average molecular weight is 362 g/mol. The van der Waals surface area contributed by atoms with Crippen LogP contribution >= 0.6 is 0 Å². The number of carbonyl (C=O) groups is 1. The summed E-state index contributed by atoms with van der Waals surface area (Å²) < 4.78 is 26.1. The van der Waals surface area contributed by atoms with Crippen LogP contribution in [0.2, 0.25) is 0 Å². The van der Waals surface area contributed by atoms with Gasteiger partial charge in [0.25, 0.3) is 5.91 Å². The average Bonchev–Trinajstić information content (AvgIpc) is 3.26. The number of benzene rings is 1. The normalized spacial score (nSPS) is 16.5. The Bertz CT molecular complexity index is 815. The van der Waals surface area contributed by atoms with Gasteiger partial charge in [-0.15, -0.1) is 0 Å². The first-order chi connectivity index (χ1) is 12.5. The van der Waals surface area contributed by atoms with Crippen molar-refractivity contribution in [1.29, 1.82) is 0 Å². The highest BCUT2D eigenvalue weighted by molar-refractivity contribution is 5.94. The molecule has 1 aromatic heterocycles. The first-order valence-corrected chi connectivity index (χ1v) is 8.42. The van der Waals surface area contributed by atoms with E-state index < -0.39 is 6.55 Å². The summed E-state index contributed by atoms with van der Waals surface area (Å²) in [5.41, 5.74) is 3.33. The number of hydrogen-bond donors (Lipinski definition) is 1. The first kappa shape index (κ1) is 18.0. The minimum Gasteiger partial charge on any atom is -0.390 e. The van der Waals surface area contributed by atoms with Gasteiger partial charge in [0.05, 0.1) is 18.0 Å². The summed E-state index contributed by atoms with van der Waals surface area (Å²) in [5, 5.41) is 10.6. The summed E-state index contributed by atoms with van der Waals surface area (Å²) in [7, 11) is 0. The van der Waals surface area contributed by atoms with Crippen LogP contribution in [0.1, 0.15) is 42.4 Å². The third kappa shape index (κ3) is 3.89. The molecule has 1 atom stereocenters. The number of nitrogens with one attached hydrogen (secondary N) is 1. The number of aromatic nitrogens is 2. The van der Waals surface area contributed by atoms with Crippen molar-refractivity contribution in [3.63, 3.8) is 0 Å². The molecule has 3 rings (SSSR count). The molecule has 2 aromatic rings. The predicted octanol–water partition coefficient (Wildman–Crippen LogP) is 3.54. The third-order valence-electron chi connectivity index (χ3n) is 4.27. The molecule has 2 heterocycles. The number of hydrogen-bond acceptors (Lipinski definition) is 4. The van der Waals surface area contributed by atoms with Crippen molar-refractivity contribution >= 4 is 11.6 Å². The van der Waals surface area contributed by atoms with E-state index in [1.54, 1.807) is 31.2 Å². The lowest BCUT2D eigenvalue weighted by Gasteiger charge is -2.10. The zero-order valence-electron chi connectivity index (χ0n) is 14.6. The van der Waals surface area contributed by atoms with Crippen LogP contribution in [0.25, 0.3) is 11.1 Å². The molecule has 8 heteroatoms. The maximum absolute atomic E-state index is 12.7. The Morgan fingerprint density at radius 3 is 2.69 bits per heavy atom. The summed E-state index contributed by atoms with van der Waals surface area (Å²) in [4.78, 5) is 17.5. The van der Waals surface area contributed by atoms with E-state index in [9.17, 15) is 13.6 Å². The molecule has 26 heavy (non-hydrogen) atoms. The molecule has 0 saturated heterocycles. The number of alkyl halides is 2. The van der Waals surface area contributed by atoms with Gasteiger partial charge in [-0.1, -0.05) is 24.2 Å². The molecule has 0 spiro atoms. The fraction of sp³-hybridized carbons (Fsp3) is 0.389. The van der Waals surface area contributed by atoms with E-state index in [0.717, 1.165) is 24.1 Å². The van der Waals surface area contributed by atoms with Crippen LogP contribution in [-0.4, -0.2) is 34.0 Å². The summed E-state index contributed by atoms with van der Waals surface area (Å²) in [5.74, 6) is -0.218. The van der Waals surface area contributed by atoms with Crippen LogP contribution in [0, 0.1) is 6.92 Å². The molecule has 0 saturated carbocycles. The summed E-state index contributed by atoms with van der Waals surface area (Å²) in [6, 6.07) is 6.76. The first-order valence-electron chi connectivity index (χ1n) is 8.42. The fourth-order valence-corrected chi connectivity index (χ4v) is 2.78. The number of halogens is 2. The number of rotatable bonds is 6. The van der Waals surface area contributed by atoms with E-state index in [2.05, 4.69) is 15.6 Å². The SMILES string of the molecule is CCC1=NOC(CNC(=O)c2ccc(-c3cn(C(F)F)nc3C)cc2)C1. The Kier molecular flexibility index (Phi) is 5.29. The summed E-state index contributed by atoms with van der Waals surface area (Å²) in [6.07, 6.45) is 2.74. The topological polar surface area (TPSA) is 68.5 Å². The lowest BCUT2D eigenvalue weighted by atomic mass is 10.0. The van der Waals surface area contributed by atoms with Gasteiger partial charge in [-0.2, -0.15) is 13.9 Å². The third-order valence-corrected chi connectivity index (χ3v) is 4.27. The van der Waals surface area contributed by atoms with Crippen LogP contribution in [0.5, 0.6) is 0 Å². The van der Waals surface area contributed by atoms with Gasteiger partial charge in [0, 0.05) is 23.7 Å². The molecule has 1 aliphatic rings. The Morgan fingerprint density at radius 2 is 2.12 bits per heavy atom. The van der Waals surface area contributed by atoms with Gasteiger partial charge in [-0.3, -0.25) is 4.79 Å². The monoisotopic (exact) mass is 362 g/mol. The van der Waals surface area contributed by atoms with Gasteiger partial charge in [0.1, 0.15) is 6.10 Å². The maximum atomic E-state index is 12.7. The van der Waals surface area contributed by atoms with Gasteiger partial charge in [-0.05, 0) is 31.0 Å². The molecular weight excluding hydrogens is 342 g/mol. The number of carbonyl (C=O) groups excluding carboxylic acids is 1. The predicted molar refractivity (Wildman–Crippen MR) is 93.2 cm³/mol. The molecule has 0 aliphatic carbocycles. The minimum atomic E-state index is -2.68. The van der Waals surface area contributed by atoms with Crippen LogP contribution in [-0.2, 0) is 4.84 Å². The lowest BCUT2D eigenvalue weighted by molar-refractivity contribution is 0.0563. The van der Waals surface area contributed by atoms with Gasteiger partial charge >= 0.3 is 6.55 Å². The molecule has 0 radical (unpaired) electrons. The molecule has 1 aromatic carbocycles. The Morgan fingerprint density at radius 1 is 1.38 bits per heavy atom. The standard InChI is InChI=1S/C18H20F2N4O2/c1-3-14-8-15(26-23-14)9-21-17(25)13-6-4-12(5-7-13)16-10-24(18(19)20)22-11(16)2/h4-7,10,15,18H,3,8-9H2,1-2H3,(H,21,25). The summed E-state index contributed by atoms with van der Waals surface area (Å²) >= 11 is 0. The Balaban J connectivity index is 1.61. The number of aryl methyl sites for hydroxylation is 1.